The summed E-state index contributed by atoms with van der Waals surface area (Å²) in [6, 6.07) is 14.2. The molecule has 30 heavy (non-hydrogen) atoms. The third-order valence-corrected chi connectivity index (χ3v) is 5.45. The van der Waals surface area contributed by atoms with Crippen LogP contribution >= 0.6 is 11.6 Å². The van der Waals surface area contributed by atoms with E-state index in [-0.39, 0.29) is 17.5 Å². The number of fused-ring (bicyclic) bond motifs is 1. The number of rotatable bonds is 8. The highest BCUT2D eigenvalue weighted by molar-refractivity contribution is 6.30. The van der Waals surface area contributed by atoms with Crippen LogP contribution in [-0.2, 0) is 4.79 Å². The van der Waals surface area contributed by atoms with Gasteiger partial charge in [0.05, 0.1) is 22.6 Å². The summed E-state index contributed by atoms with van der Waals surface area (Å²) in [7, 11) is 0. The lowest BCUT2D eigenvalue weighted by Gasteiger charge is -2.32. The van der Waals surface area contributed by atoms with E-state index in [9.17, 15) is 9.59 Å². The van der Waals surface area contributed by atoms with Crippen molar-refractivity contribution in [3.05, 3.63) is 69.7 Å². The van der Waals surface area contributed by atoms with Gasteiger partial charge in [-0.15, -0.1) is 0 Å². The van der Waals surface area contributed by atoms with Crippen molar-refractivity contribution in [3.8, 4) is 5.69 Å². The first-order chi connectivity index (χ1) is 14.5. The minimum absolute atomic E-state index is 0.0938. The van der Waals surface area contributed by atoms with Crippen LogP contribution in [0.3, 0.4) is 0 Å². The van der Waals surface area contributed by atoms with Gasteiger partial charge in [0.1, 0.15) is 5.82 Å². The Morgan fingerprint density at radius 1 is 1.07 bits per heavy atom. The maximum atomic E-state index is 13.5. The Hall–Kier alpha value is -2.66. The Kier molecular flexibility index (Phi) is 7.27. The zero-order valence-electron chi connectivity index (χ0n) is 17.8. The topological polar surface area (TPSA) is 55.2 Å². The van der Waals surface area contributed by atoms with Gasteiger partial charge in [0.2, 0.25) is 5.91 Å². The molecule has 0 spiro atoms. The zero-order valence-corrected chi connectivity index (χ0v) is 18.5. The molecular formula is C24H28ClN3O2. The summed E-state index contributed by atoms with van der Waals surface area (Å²) in [6.45, 7) is 6.71. The lowest BCUT2D eigenvalue weighted by Crippen LogP contribution is -2.38. The molecular weight excluding hydrogens is 398 g/mol. The highest BCUT2D eigenvalue weighted by Crippen LogP contribution is 2.27. The highest BCUT2D eigenvalue weighted by Gasteiger charge is 2.28. The van der Waals surface area contributed by atoms with Gasteiger partial charge in [-0.2, -0.15) is 0 Å². The van der Waals surface area contributed by atoms with Crippen molar-refractivity contribution < 1.29 is 4.79 Å². The van der Waals surface area contributed by atoms with Crippen LogP contribution in [0, 0.1) is 0 Å². The summed E-state index contributed by atoms with van der Waals surface area (Å²) < 4.78 is 1.63. The Morgan fingerprint density at radius 3 is 2.40 bits per heavy atom. The minimum Gasteiger partial charge on any atom is -0.333 e. The van der Waals surface area contributed by atoms with E-state index in [0.29, 0.717) is 46.8 Å². The first-order valence-corrected chi connectivity index (χ1v) is 11.0. The molecule has 158 valence electrons. The van der Waals surface area contributed by atoms with Crippen molar-refractivity contribution in [2.75, 3.05) is 6.54 Å². The molecule has 1 heterocycles. The second-order valence-electron chi connectivity index (χ2n) is 7.37. The van der Waals surface area contributed by atoms with E-state index in [1.54, 1.807) is 22.8 Å². The van der Waals surface area contributed by atoms with Gasteiger partial charge >= 0.3 is 0 Å². The maximum absolute atomic E-state index is 13.5. The molecule has 0 bridgehead atoms. The molecule has 0 saturated carbocycles. The van der Waals surface area contributed by atoms with Gasteiger partial charge in [0, 0.05) is 18.0 Å². The summed E-state index contributed by atoms with van der Waals surface area (Å²) in [5.74, 6) is 0.678. The molecule has 0 N–H and O–H groups in total. The normalized spacial score (nSPS) is 12.1. The van der Waals surface area contributed by atoms with Crippen LogP contribution in [0.15, 0.2) is 53.3 Å². The number of carbonyl (C=O) groups is 1. The Bertz CT molecular complexity index is 1080. The number of halogens is 1. The molecule has 0 aliphatic carbocycles. The van der Waals surface area contributed by atoms with Crippen molar-refractivity contribution >= 4 is 28.4 Å². The summed E-state index contributed by atoms with van der Waals surface area (Å²) in [5, 5.41) is 1.15. The largest absolute Gasteiger partial charge is 0.333 e. The smallest absolute Gasteiger partial charge is 0.266 e. The predicted octanol–water partition coefficient (Wildman–Crippen LogP) is 5.53. The maximum Gasteiger partial charge on any atom is 0.266 e. The molecule has 0 fully saturated rings. The number of carbonyl (C=O) groups excluding carboxylic acids is 1. The van der Waals surface area contributed by atoms with Crippen LogP contribution in [0.5, 0.6) is 0 Å². The predicted molar refractivity (Wildman–Crippen MR) is 122 cm³/mol. The van der Waals surface area contributed by atoms with Crippen LogP contribution < -0.4 is 5.56 Å². The molecule has 6 heteroatoms. The zero-order chi connectivity index (χ0) is 21.7. The van der Waals surface area contributed by atoms with E-state index < -0.39 is 0 Å². The van der Waals surface area contributed by atoms with Gasteiger partial charge < -0.3 is 4.90 Å². The first-order valence-electron chi connectivity index (χ1n) is 10.6. The SMILES string of the molecule is CCCC(=O)N(CCC)C(CC)c1nc2ccccc2c(=O)n1-c1ccc(Cl)cc1. The molecule has 1 aromatic heterocycles. The third kappa shape index (κ3) is 4.41. The second-order valence-corrected chi connectivity index (χ2v) is 7.80. The monoisotopic (exact) mass is 425 g/mol. The van der Waals surface area contributed by atoms with Crippen LogP contribution in [0.1, 0.15) is 58.3 Å². The average Bonchev–Trinajstić information content (AvgIpc) is 2.75. The quantitative estimate of drug-likeness (QED) is 0.476. The van der Waals surface area contributed by atoms with E-state index in [4.69, 9.17) is 16.6 Å². The van der Waals surface area contributed by atoms with Crippen molar-refractivity contribution in [1.29, 1.82) is 0 Å². The Labute approximate surface area is 182 Å². The molecule has 1 unspecified atom stereocenters. The number of hydrogen-bond donors (Lipinski definition) is 0. The lowest BCUT2D eigenvalue weighted by molar-refractivity contribution is -0.134. The summed E-state index contributed by atoms with van der Waals surface area (Å²) in [5.41, 5.74) is 1.19. The highest BCUT2D eigenvalue weighted by atomic mass is 35.5. The van der Waals surface area contributed by atoms with Gasteiger partial charge in [-0.05, 0) is 55.7 Å². The Balaban J connectivity index is 2.28. The average molecular weight is 426 g/mol. The van der Waals surface area contributed by atoms with Gasteiger partial charge in [-0.25, -0.2) is 4.98 Å². The number of para-hydroxylation sites is 1. The molecule has 0 aliphatic heterocycles. The van der Waals surface area contributed by atoms with Crippen LogP contribution in [0.25, 0.3) is 16.6 Å². The standard InChI is InChI=1S/C24H28ClN3O2/c1-4-9-22(29)27(16-5-2)21(6-3)23-26-20-11-8-7-10-19(20)24(30)28(23)18-14-12-17(25)13-15-18/h7-8,10-15,21H,4-6,9,16H2,1-3H3. The number of amides is 1. The van der Waals surface area contributed by atoms with Gasteiger partial charge in [-0.3, -0.25) is 14.2 Å². The van der Waals surface area contributed by atoms with Crippen LogP contribution in [-0.4, -0.2) is 26.9 Å². The molecule has 2 aromatic carbocycles. The van der Waals surface area contributed by atoms with Crippen molar-refractivity contribution in [2.45, 2.75) is 52.5 Å². The Morgan fingerprint density at radius 2 is 1.77 bits per heavy atom. The lowest BCUT2D eigenvalue weighted by atomic mass is 10.1. The van der Waals surface area contributed by atoms with Crippen LogP contribution in [0.4, 0.5) is 0 Å². The summed E-state index contributed by atoms with van der Waals surface area (Å²) in [4.78, 5) is 33.2. The van der Waals surface area contributed by atoms with E-state index >= 15 is 0 Å². The molecule has 1 amide bonds. The number of benzene rings is 2. The second kappa shape index (κ2) is 9.90. The van der Waals surface area contributed by atoms with Gasteiger partial charge in [0.25, 0.3) is 5.56 Å². The van der Waals surface area contributed by atoms with Crippen molar-refractivity contribution in [3.63, 3.8) is 0 Å². The van der Waals surface area contributed by atoms with Crippen LogP contribution in [0.2, 0.25) is 5.02 Å². The van der Waals surface area contributed by atoms with Crippen molar-refractivity contribution in [1.82, 2.24) is 14.5 Å². The van der Waals surface area contributed by atoms with E-state index in [2.05, 4.69) is 6.92 Å². The number of aromatic nitrogens is 2. The van der Waals surface area contributed by atoms with Gasteiger partial charge in [0.15, 0.2) is 0 Å². The fourth-order valence-corrected chi connectivity index (χ4v) is 3.93. The number of hydrogen-bond acceptors (Lipinski definition) is 3. The molecule has 3 aromatic rings. The molecule has 0 radical (unpaired) electrons. The summed E-state index contributed by atoms with van der Waals surface area (Å²) in [6.07, 6.45) is 2.76. The third-order valence-electron chi connectivity index (χ3n) is 5.20. The van der Waals surface area contributed by atoms with Gasteiger partial charge in [-0.1, -0.05) is 44.5 Å². The molecule has 5 nitrogen and oxygen atoms in total. The molecule has 3 rings (SSSR count). The van der Waals surface area contributed by atoms with E-state index in [0.717, 1.165) is 12.8 Å². The first kappa shape index (κ1) is 22.0. The summed E-state index contributed by atoms with van der Waals surface area (Å²) >= 11 is 6.08. The van der Waals surface area contributed by atoms with E-state index in [1.807, 2.05) is 49.1 Å². The number of nitrogens with zero attached hydrogens (tertiary/aromatic N) is 3. The fraction of sp³-hybridized carbons (Fsp3) is 0.375. The molecule has 1 atom stereocenters. The van der Waals surface area contributed by atoms with E-state index in [1.165, 1.54) is 0 Å². The fourth-order valence-electron chi connectivity index (χ4n) is 3.81. The minimum atomic E-state index is -0.294. The molecule has 0 aliphatic rings. The molecule has 0 saturated heterocycles. The van der Waals surface area contributed by atoms with Crippen molar-refractivity contribution in [2.24, 2.45) is 0 Å².